The van der Waals surface area contributed by atoms with E-state index in [2.05, 4.69) is 5.32 Å². The van der Waals surface area contributed by atoms with E-state index in [9.17, 15) is 4.79 Å². The highest BCUT2D eigenvalue weighted by Gasteiger charge is 2.06. The first-order valence-electron chi connectivity index (χ1n) is 7.89. The van der Waals surface area contributed by atoms with Gasteiger partial charge in [-0.15, -0.1) is 0 Å². The Labute approximate surface area is 143 Å². The third-order valence-electron chi connectivity index (χ3n) is 3.45. The van der Waals surface area contributed by atoms with Crippen molar-refractivity contribution in [1.82, 2.24) is 5.32 Å². The summed E-state index contributed by atoms with van der Waals surface area (Å²) >= 11 is 0. The zero-order valence-electron chi connectivity index (χ0n) is 14.3. The van der Waals surface area contributed by atoms with Crippen LogP contribution in [0, 0.1) is 6.92 Å². The Balaban J connectivity index is 1.77. The summed E-state index contributed by atoms with van der Waals surface area (Å²) in [4.78, 5) is 11.9. The van der Waals surface area contributed by atoms with Gasteiger partial charge in [0.25, 0.3) is 0 Å². The summed E-state index contributed by atoms with van der Waals surface area (Å²) in [5, 5.41) is 2.88. The fraction of sp³-hybridized carbons (Fsp3) is 0.250. The minimum absolute atomic E-state index is 0.0951. The number of methoxy groups -OCH3 is 1. The predicted octanol–water partition coefficient (Wildman–Crippen LogP) is 3.60. The third-order valence-corrected chi connectivity index (χ3v) is 3.45. The molecule has 0 bridgehead atoms. The molecule has 4 heteroatoms. The monoisotopic (exact) mass is 325 g/mol. The smallest absolute Gasteiger partial charge is 0.244 e. The third kappa shape index (κ3) is 5.80. The number of carbonyl (C=O) groups excluding carboxylic acids is 1. The molecule has 4 nitrogen and oxygen atoms in total. The Morgan fingerprint density at radius 2 is 1.71 bits per heavy atom. The van der Waals surface area contributed by atoms with Gasteiger partial charge in [0.15, 0.2) is 0 Å². The lowest BCUT2D eigenvalue weighted by Crippen LogP contribution is -2.35. The molecule has 0 aliphatic heterocycles. The molecule has 1 amide bonds. The Kier molecular flexibility index (Phi) is 6.43. The summed E-state index contributed by atoms with van der Waals surface area (Å²) < 4.78 is 10.7. The van der Waals surface area contributed by atoms with E-state index < -0.39 is 0 Å². The van der Waals surface area contributed by atoms with E-state index in [0.717, 1.165) is 17.1 Å². The van der Waals surface area contributed by atoms with Crippen LogP contribution in [0.25, 0.3) is 6.08 Å². The maximum atomic E-state index is 11.9. The lowest BCUT2D eigenvalue weighted by atomic mass is 10.1. The van der Waals surface area contributed by atoms with Crippen LogP contribution in [0.15, 0.2) is 54.6 Å². The Morgan fingerprint density at radius 1 is 1.08 bits per heavy atom. The molecule has 0 unspecified atom stereocenters. The van der Waals surface area contributed by atoms with Crippen molar-refractivity contribution in [3.8, 4) is 11.5 Å². The van der Waals surface area contributed by atoms with Crippen LogP contribution < -0.4 is 14.8 Å². The van der Waals surface area contributed by atoms with Crippen molar-refractivity contribution in [2.75, 3.05) is 13.7 Å². The second kappa shape index (κ2) is 8.77. The van der Waals surface area contributed by atoms with E-state index in [4.69, 9.17) is 9.47 Å². The number of nitrogens with one attached hydrogen (secondary N) is 1. The van der Waals surface area contributed by atoms with Crippen LogP contribution in [0.1, 0.15) is 18.1 Å². The van der Waals surface area contributed by atoms with Crippen LogP contribution in [0.2, 0.25) is 0 Å². The molecule has 126 valence electrons. The highest BCUT2D eigenvalue weighted by atomic mass is 16.5. The highest BCUT2D eigenvalue weighted by Crippen LogP contribution is 2.17. The maximum Gasteiger partial charge on any atom is 0.244 e. The standard InChI is InChI=1S/C20H23NO3/c1-15-4-6-17(7-5-15)8-13-20(22)21-16(2)14-24-19-11-9-18(23-3)10-12-19/h4-13,16H,14H2,1-3H3,(H,21,22)/b13-8+/t16-/m0/s1. The molecule has 0 saturated carbocycles. The van der Waals surface area contributed by atoms with E-state index in [-0.39, 0.29) is 11.9 Å². The van der Waals surface area contributed by atoms with Gasteiger partial charge in [-0.1, -0.05) is 29.8 Å². The first-order chi connectivity index (χ1) is 11.6. The number of carbonyl (C=O) groups is 1. The lowest BCUT2D eigenvalue weighted by molar-refractivity contribution is -0.117. The molecule has 0 saturated heterocycles. The molecular formula is C20H23NO3. The molecule has 2 rings (SSSR count). The molecule has 0 heterocycles. The van der Waals surface area contributed by atoms with Gasteiger partial charge in [-0.25, -0.2) is 0 Å². The molecule has 1 N–H and O–H groups in total. The summed E-state index contributed by atoms with van der Waals surface area (Å²) in [6.07, 6.45) is 3.33. The fourth-order valence-electron chi connectivity index (χ4n) is 2.08. The molecule has 0 fully saturated rings. The largest absolute Gasteiger partial charge is 0.497 e. The SMILES string of the molecule is COc1ccc(OC[C@H](C)NC(=O)/C=C/c2ccc(C)cc2)cc1. The summed E-state index contributed by atoms with van der Waals surface area (Å²) in [5.41, 5.74) is 2.19. The number of amides is 1. The van der Waals surface area contributed by atoms with Gasteiger partial charge >= 0.3 is 0 Å². The second-order valence-corrected chi connectivity index (χ2v) is 5.64. The van der Waals surface area contributed by atoms with Crippen molar-refractivity contribution in [1.29, 1.82) is 0 Å². The van der Waals surface area contributed by atoms with Crippen molar-refractivity contribution >= 4 is 12.0 Å². The van der Waals surface area contributed by atoms with E-state index in [1.165, 1.54) is 11.6 Å². The van der Waals surface area contributed by atoms with E-state index >= 15 is 0 Å². The molecule has 0 aliphatic carbocycles. The fourth-order valence-corrected chi connectivity index (χ4v) is 2.08. The van der Waals surface area contributed by atoms with Crippen molar-refractivity contribution in [3.63, 3.8) is 0 Å². The summed E-state index contributed by atoms with van der Waals surface area (Å²) in [7, 11) is 1.62. The first kappa shape index (κ1) is 17.6. The summed E-state index contributed by atoms with van der Waals surface area (Å²) in [6.45, 7) is 4.34. The van der Waals surface area contributed by atoms with Crippen LogP contribution >= 0.6 is 0 Å². The van der Waals surface area contributed by atoms with Crippen LogP contribution in [-0.4, -0.2) is 25.7 Å². The van der Waals surface area contributed by atoms with Crippen LogP contribution in [-0.2, 0) is 4.79 Å². The number of hydrogen-bond donors (Lipinski definition) is 1. The molecule has 2 aromatic carbocycles. The Bertz CT molecular complexity index is 675. The Morgan fingerprint density at radius 3 is 2.33 bits per heavy atom. The molecule has 0 aliphatic rings. The van der Waals surface area contributed by atoms with Gasteiger partial charge in [0.2, 0.25) is 5.91 Å². The van der Waals surface area contributed by atoms with Crippen molar-refractivity contribution < 1.29 is 14.3 Å². The quantitative estimate of drug-likeness (QED) is 0.791. The van der Waals surface area contributed by atoms with Crippen molar-refractivity contribution in [3.05, 3.63) is 65.7 Å². The van der Waals surface area contributed by atoms with E-state index in [0.29, 0.717) is 6.61 Å². The molecule has 24 heavy (non-hydrogen) atoms. The van der Waals surface area contributed by atoms with Gasteiger partial charge in [0, 0.05) is 6.08 Å². The maximum absolute atomic E-state index is 11.9. The summed E-state index contributed by atoms with van der Waals surface area (Å²) in [5.74, 6) is 1.39. The topological polar surface area (TPSA) is 47.6 Å². The van der Waals surface area contributed by atoms with Gasteiger partial charge in [-0.2, -0.15) is 0 Å². The number of hydrogen-bond acceptors (Lipinski definition) is 3. The van der Waals surface area contributed by atoms with Gasteiger partial charge < -0.3 is 14.8 Å². The Hall–Kier alpha value is -2.75. The van der Waals surface area contributed by atoms with Gasteiger partial charge in [-0.3, -0.25) is 4.79 Å². The minimum atomic E-state index is -0.138. The van der Waals surface area contributed by atoms with E-state index in [1.807, 2.05) is 62.4 Å². The van der Waals surface area contributed by atoms with Gasteiger partial charge in [0.05, 0.1) is 13.2 Å². The predicted molar refractivity (Wildman–Crippen MR) is 96.3 cm³/mol. The minimum Gasteiger partial charge on any atom is -0.497 e. The first-order valence-corrected chi connectivity index (χ1v) is 7.89. The number of ether oxygens (including phenoxy) is 2. The van der Waals surface area contributed by atoms with Crippen molar-refractivity contribution in [2.45, 2.75) is 19.9 Å². The average molecular weight is 325 g/mol. The molecule has 0 radical (unpaired) electrons. The average Bonchev–Trinajstić information content (AvgIpc) is 2.60. The lowest BCUT2D eigenvalue weighted by Gasteiger charge is -2.14. The molecule has 2 aromatic rings. The normalized spacial score (nSPS) is 12.0. The summed E-state index contributed by atoms with van der Waals surface area (Å²) in [6, 6.07) is 15.2. The number of benzene rings is 2. The zero-order chi connectivity index (χ0) is 17.4. The van der Waals surface area contributed by atoms with Crippen molar-refractivity contribution in [2.24, 2.45) is 0 Å². The molecule has 0 spiro atoms. The zero-order valence-corrected chi connectivity index (χ0v) is 14.3. The van der Waals surface area contributed by atoms with Crippen LogP contribution in [0.3, 0.4) is 0 Å². The molecular weight excluding hydrogens is 302 g/mol. The van der Waals surface area contributed by atoms with E-state index in [1.54, 1.807) is 13.2 Å². The second-order valence-electron chi connectivity index (χ2n) is 5.64. The molecule has 1 atom stereocenters. The number of aryl methyl sites for hydroxylation is 1. The molecule has 0 aromatic heterocycles. The van der Waals surface area contributed by atoms with Crippen LogP contribution in [0.4, 0.5) is 0 Å². The van der Waals surface area contributed by atoms with Gasteiger partial charge in [0.1, 0.15) is 18.1 Å². The number of rotatable bonds is 7. The van der Waals surface area contributed by atoms with Gasteiger partial charge in [-0.05, 0) is 49.8 Å². The highest BCUT2D eigenvalue weighted by molar-refractivity contribution is 5.91. The van der Waals surface area contributed by atoms with Crippen LogP contribution in [0.5, 0.6) is 11.5 Å².